The van der Waals surface area contributed by atoms with Gasteiger partial charge in [0.05, 0.1) is 24.4 Å². The number of carbonyl (C=O) groups is 1. The van der Waals surface area contributed by atoms with Gasteiger partial charge in [-0.15, -0.1) is 0 Å². The second-order valence-electron chi connectivity index (χ2n) is 6.86. The Morgan fingerprint density at radius 2 is 1.93 bits per heavy atom. The number of nitrogen functional groups attached to an aromatic ring is 1. The summed E-state index contributed by atoms with van der Waals surface area (Å²) in [5.74, 6) is 0.769. The third-order valence-corrected chi connectivity index (χ3v) is 5.01. The molecule has 0 unspecified atom stereocenters. The third kappa shape index (κ3) is 3.32. The van der Waals surface area contributed by atoms with E-state index in [-0.39, 0.29) is 34.8 Å². The van der Waals surface area contributed by atoms with Gasteiger partial charge in [0.1, 0.15) is 11.6 Å². The molecule has 1 aromatic carbocycles. The van der Waals surface area contributed by atoms with Crippen LogP contribution < -0.4 is 5.73 Å². The zero-order chi connectivity index (χ0) is 21.6. The first kappa shape index (κ1) is 19.7. The number of nitrogens with zero attached hydrogens (tertiary/aromatic N) is 4. The van der Waals surface area contributed by atoms with Gasteiger partial charge in [0.15, 0.2) is 23.1 Å². The molecule has 1 saturated carbocycles. The number of aliphatic hydroxyl groups excluding tert-OH is 2. The lowest BCUT2D eigenvalue weighted by Crippen LogP contribution is -2.32. The first-order valence-corrected chi connectivity index (χ1v) is 8.82. The summed E-state index contributed by atoms with van der Waals surface area (Å²) >= 11 is 0. The van der Waals surface area contributed by atoms with Crippen molar-refractivity contribution in [1.82, 2.24) is 19.5 Å². The summed E-state index contributed by atoms with van der Waals surface area (Å²) < 4.78 is 27.8. The number of aliphatic hydroxyl groups is 2. The lowest BCUT2D eigenvalue weighted by Gasteiger charge is -2.18. The normalized spacial score (nSPS) is 23.3. The molecule has 4 rings (SSSR count). The molecule has 1 aliphatic rings. The highest BCUT2D eigenvalue weighted by molar-refractivity contribution is 5.82. The van der Waals surface area contributed by atoms with Crippen LogP contribution in [-0.2, 0) is 4.79 Å². The fraction of sp³-hybridized carbons (Fsp3) is 0.263. The summed E-state index contributed by atoms with van der Waals surface area (Å²) in [6.45, 7) is 0. The number of rotatable bonds is 2. The predicted octanol–water partition coefficient (Wildman–Crippen LogP) is 0.454. The van der Waals surface area contributed by atoms with Gasteiger partial charge in [0, 0.05) is 5.56 Å². The van der Waals surface area contributed by atoms with Crippen molar-refractivity contribution >= 4 is 23.0 Å². The average molecular weight is 415 g/mol. The molecule has 3 aromatic rings. The smallest absolute Gasteiger partial charge is 0.309 e. The minimum Gasteiger partial charge on any atom is -0.481 e. The van der Waals surface area contributed by atoms with E-state index in [9.17, 15) is 28.9 Å². The lowest BCUT2D eigenvalue weighted by molar-refractivity contribution is -0.145. The minimum absolute atomic E-state index is 0.00356. The fourth-order valence-corrected chi connectivity index (χ4v) is 3.47. The number of carboxylic acid groups (broad SMARTS) is 1. The Kier molecular flexibility index (Phi) is 4.81. The van der Waals surface area contributed by atoms with Crippen LogP contribution in [0.2, 0.25) is 0 Å². The van der Waals surface area contributed by atoms with Crippen LogP contribution >= 0.6 is 0 Å². The molecule has 9 nitrogen and oxygen atoms in total. The van der Waals surface area contributed by atoms with Gasteiger partial charge in [-0.1, -0.05) is 5.92 Å². The Hall–Kier alpha value is -3.62. The van der Waals surface area contributed by atoms with Gasteiger partial charge in [-0.3, -0.25) is 4.79 Å². The van der Waals surface area contributed by atoms with Gasteiger partial charge in [0.25, 0.3) is 0 Å². The van der Waals surface area contributed by atoms with E-state index in [1.54, 1.807) is 0 Å². The molecule has 11 heteroatoms. The van der Waals surface area contributed by atoms with Crippen LogP contribution in [0.15, 0.2) is 24.5 Å². The van der Waals surface area contributed by atoms with Gasteiger partial charge < -0.3 is 25.6 Å². The Morgan fingerprint density at radius 1 is 1.17 bits per heavy atom. The highest BCUT2D eigenvalue weighted by Crippen LogP contribution is 2.37. The van der Waals surface area contributed by atoms with E-state index in [0.29, 0.717) is 0 Å². The molecular formula is C19H15F2N5O4. The standard InChI is InChI=1S/C19H15F2N5O4/c20-10-3-1-8(5-11(10)21)2-4-13-24-17(22)14-18(25-13)26(7-23-14)12-6-9(19(29)30)15(27)16(12)28/h1,3,5,7,9,12,15-16,27-28H,6H2,(H,29,30)(H2,22,24,25)/t9-,12+,15+,16-/m0/s1. The van der Waals surface area contributed by atoms with Gasteiger partial charge >= 0.3 is 5.97 Å². The van der Waals surface area contributed by atoms with Gasteiger partial charge in [-0.2, -0.15) is 0 Å². The van der Waals surface area contributed by atoms with E-state index >= 15 is 0 Å². The molecule has 4 atom stereocenters. The van der Waals surface area contributed by atoms with E-state index in [2.05, 4.69) is 26.8 Å². The van der Waals surface area contributed by atoms with Gasteiger partial charge in [0.2, 0.25) is 5.82 Å². The van der Waals surface area contributed by atoms with Crippen LogP contribution in [0.5, 0.6) is 0 Å². The Labute approximate surface area is 167 Å². The van der Waals surface area contributed by atoms with E-state index < -0.39 is 41.8 Å². The van der Waals surface area contributed by atoms with Crippen molar-refractivity contribution in [3.8, 4) is 11.8 Å². The molecule has 5 N–H and O–H groups in total. The van der Waals surface area contributed by atoms with E-state index in [4.69, 9.17) is 5.73 Å². The molecule has 0 bridgehead atoms. The summed E-state index contributed by atoms with van der Waals surface area (Å²) in [5, 5.41) is 29.6. The van der Waals surface area contributed by atoms with Crippen LogP contribution in [0, 0.1) is 29.4 Å². The summed E-state index contributed by atoms with van der Waals surface area (Å²) in [4.78, 5) is 23.7. The number of carboxylic acids is 1. The maximum atomic E-state index is 13.3. The van der Waals surface area contributed by atoms with Crippen molar-refractivity contribution in [1.29, 1.82) is 0 Å². The number of fused-ring (bicyclic) bond motifs is 1. The monoisotopic (exact) mass is 415 g/mol. The largest absolute Gasteiger partial charge is 0.481 e. The molecule has 1 aliphatic carbocycles. The number of hydrogen-bond acceptors (Lipinski definition) is 7. The number of anilines is 1. The summed E-state index contributed by atoms with van der Waals surface area (Å²) in [6, 6.07) is 2.36. The highest BCUT2D eigenvalue weighted by Gasteiger charge is 2.46. The van der Waals surface area contributed by atoms with Crippen LogP contribution in [-0.4, -0.2) is 53.0 Å². The zero-order valence-corrected chi connectivity index (χ0v) is 15.2. The van der Waals surface area contributed by atoms with Crippen molar-refractivity contribution in [3.63, 3.8) is 0 Å². The molecule has 0 radical (unpaired) electrons. The Balaban J connectivity index is 1.73. The molecule has 0 spiro atoms. The second-order valence-corrected chi connectivity index (χ2v) is 6.86. The SMILES string of the molecule is Nc1nc(C#Cc2ccc(F)c(F)c2)nc2c1ncn2[C@@H]1C[C@H](C(=O)O)[C@@H](O)[C@H]1O. The molecule has 154 valence electrons. The second kappa shape index (κ2) is 7.33. The molecule has 2 heterocycles. The van der Waals surface area contributed by atoms with Crippen molar-refractivity contribution in [2.24, 2.45) is 5.92 Å². The topological polar surface area (TPSA) is 147 Å². The number of hydrogen-bond donors (Lipinski definition) is 4. The first-order chi connectivity index (χ1) is 14.3. The Bertz CT molecular complexity index is 1220. The van der Waals surface area contributed by atoms with Gasteiger partial charge in [-0.25, -0.2) is 23.7 Å². The number of imidazole rings is 1. The van der Waals surface area contributed by atoms with E-state index in [0.717, 1.165) is 12.1 Å². The van der Waals surface area contributed by atoms with E-state index in [1.165, 1.54) is 17.0 Å². The zero-order valence-electron chi connectivity index (χ0n) is 15.2. The van der Waals surface area contributed by atoms with Crippen LogP contribution in [0.1, 0.15) is 23.9 Å². The predicted molar refractivity (Wildman–Crippen MR) is 98.9 cm³/mol. The maximum absolute atomic E-state index is 13.3. The van der Waals surface area contributed by atoms with Crippen LogP contribution in [0.4, 0.5) is 14.6 Å². The Morgan fingerprint density at radius 3 is 2.60 bits per heavy atom. The highest BCUT2D eigenvalue weighted by atomic mass is 19.2. The summed E-state index contributed by atoms with van der Waals surface area (Å²) in [6.07, 6.45) is -1.51. The maximum Gasteiger partial charge on any atom is 0.309 e. The lowest BCUT2D eigenvalue weighted by atomic mass is 10.1. The van der Waals surface area contributed by atoms with Crippen molar-refractivity contribution in [3.05, 3.63) is 47.5 Å². The quantitative estimate of drug-likeness (QED) is 0.441. The molecule has 0 aliphatic heterocycles. The first-order valence-electron chi connectivity index (χ1n) is 8.82. The molecule has 2 aromatic heterocycles. The number of halogens is 2. The third-order valence-electron chi connectivity index (χ3n) is 5.01. The van der Waals surface area contributed by atoms with Gasteiger partial charge in [-0.05, 0) is 30.5 Å². The molecule has 0 amide bonds. The van der Waals surface area contributed by atoms with Crippen LogP contribution in [0.3, 0.4) is 0 Å². The summed E-state index contributed by atoms with van der Waals surface area (Å²) in [5.41, 5.74) is 6.52. The number of aliphatic carboxylic acids is 1. The minimum atomic E-state index is -1.45. The number of nitrogens with two attached hydrogens (primary N) is 1. The van der Waals surface area contributed by atoms with Crippen molar-refractivity contribution in [2.75, 3.05) is 5.73 Å². The van der Waals surface area contributed by atoms with Crippen molar-refractivity contribution in [2.45, 2.75) is 24.7 Å². The van der Waals surface area contributed by atoms with E-state index in [1.807, 2.05) is 0 Å². The molecular weight excluding hydrogens is 400 g/mol. The fourth-order valence-electron chi connectivity index (χ4n) is 3.47. The van der Waals surface area contributed by atoms with Crippen LogP contribution in [0.25, 0.3) is 11.2 Å². The molecule has 30 heavy (non-hydrogen) atoms. The average Bonchev–Trinajstić information content (AvgIpc) is 3.24. The van der Waals surface area contributed by atoms with Crippen molar-refractivity contribution < 1.29 is 28.9 Å². The number of aromatic nitrogens is 4. The molecule has 0 saturated heterocycles. The number of benzene rings is 1. The summed E-state index contributed by atoms with van der Waals surface area (Å²) in [7, 11) is 0. The molecule has 1 fully saturated rings.